The van der Waals surface area contributed by atoms with Crippen molar-refractivity contribution in [3.8, 4) is 5.88 Å². The lowest BCUT2D eigenvalue weighted by molar-refractivity contribution is -0.122. The summed E-state index contributed by atoms with van der Waals surface area (Å²) in [5.74, 6) is 0.889. The van der Waals surface area contributed by atoms with Crippen LogP contribution in [0.15, 0.2) is 53.6 Å². The van der Waals surface area contributed by atoms with Crippen LogP contribution in [0.3, 0.4) is 0 Å². The second-order valence-corrected chi connectivity index (χ2v) is 10.2. The van der Waals surface area contributed by atoms with Gasteiger partial charge in [-0.05, 0) is 61.8 Å². The van der Waals surface area contributed by atoms with E-state index in [1.165, 1.54) is 25.0 Å². The fraction of sp³-hybridized carbons (Fsp3) is 0.455. The minimum atomic E-state index is -3.78. The minimum Gasteiger partial charge on any atom is -0.474 e. The van der Waals surface area contributed by atoms with E-state index in [4.69, 9.17) is 4.74 Å². The summed E-state index contributed by atoms with van der Waals surface area (Å²) in [5.41, 5.74) is 0.821. The summed E-state index contributed by atoms with van der Waals surface area (Å²) in [6, 6.07) is 10.9. The number of carbonyl (C=O) groups excluding carboxylic acids is 1. The molecule has 7 nitrogen and oxygen atoms in total. The van der Waals surface area contributed by atoms with E-state index in [0.717, 1.165) is 18.4 Å². The number of nitrogens with one attached hydrogen (secondary N) is 2. The van der Waals surface area contributed by atoms with Crippen LogP contribution < -0.4 is 14.8 Å². The fourth-order valence-corrected chi connectivity index (χ4v) is 5.13. The van der Waals surface area contributed by atoms with Crippen molar-refractivity contribution in [2.45, 2.75) is 55.7 Å². The second-order valence-electron chi connectivity index (χ2n) is 7.52. The van der Waals surface area contributed by atoms with Crippen LogP contribution in [0.5, 0.6) is 5.88 Å². The van der Waals surface area contributed by atoms with Gasteiger partial charge in [0.25, 0.3) is 0 Å². The summed E-state index contributed by atoms with van der Waals surface area (Å²) < 4.78 is 33.7. The minimum absolute atomic E-state index is 0.138. The van der Waals surface area contributed by atoms with Crippen molar-refractivity contribution in [2.75, 3.05) is 12.0 Å². The molecule has 1 amide bonds. The fourth-order valence-electron chi connectivity index (χ4n) is 3.41. The van der Waals surface area contributed by atoms with Crippen LogP contribution in [0.2, 0.25) is 0 Å². The van der Waals surface area contributed by atoms with E-state index in [-0.39, 0.29) is 23.5 Å². The summed E-state index contributed by atoms with van der Waals surface area (Å²) in [6.07, 6.45) is 8.75. The van der Waals surface area contributed by atoms with Gasteiger partial charge in [-0.2, -0.15) is 16.5 Å². The Morgan fingerprint density at radius 2 is 1.94 bits per heavy atom. The lowest BCUT2D eigenvalue weighted by Gasteiger charge is -2.18. The molecule has 1 aromatic heterocycles. The zero-order valence-corrected chi connectivity index (χ0v) is 19.3. The predicted octanol–water partition coefficient (Wildman–Crippen LogP) is 3.12. The van der Waals surface area contributed by atoms with Crippen LogP contribution in [-0.2, 0) is 21.4 Å². The van der Waals surface area contributed by atoms with Gasteiger partial charge in [-0.3, -0.25) is 4.79 Å². The quantitative estimate of drug-likeness (QED) is 0.531. The largest absolute Gasteiger partial charge is 0.474 e. The normalized spacial score (nSPS) is 15.5. The number of thioether (sulfide) groups is 1. The smallest absolute Gasteiger partial charge is 0.241 e. The number of pyridine rings is 1. The van der Waals surface area contributed by atoms with Crippen molar-refractivity contribution in [2.24, 2.45) is 0 Å². The third kappa shape index (κ3) is 7.22. The molecule has 3 rings (SSSR count). The summed E-state index contributed by atoms with van der Waals surface area (Å²) >= 11 is 1.56. The molecule has 1 fully saturated rings. The first-order valence-electron chi connectivity index (χ1n) is 10.4. The maximum atomic E-state index is 12.7. The van der Waals surface area contributed by atoms with E-state index in [1.54, 1.807) is 36.2 Å². The molecule has 1 aliphatic rings. The van der Waals surface area contributed by atoms with Crippen molar-refractivity contribution in [3.63, 3.8) is 0 Å². The molecule has 0 aliphatic heterocycles. The number of carbonyl (C=O) groups is 1. The second kappa shape index (κ2) is 11.5. The van der Waals surface area contributed by atoms with Crippen molar-refractivity contribution < 1.29 is 17.9 Å². The molecule has 1 heterocycles. The van der Waals surface area contributed by atoms with Gasteiger partial charge in [-0.25, -0.2) is 13.4 Å². The van der Waals surface area contributed by atoms with E-state index in [2.05, 4.69) is 15.0 Å². The van der Waals surface area contributed by atoms with Crippen molar-refractivity contribution >= 4 is 27.7 Å². The SMILES string of the molecule is CSCCC(NS(=O)(=O)c1ccccc1)C(=O)NCc1ccc(OC2CCCC2)nc1. The summed E-state index contributed by atoms with van der Waals surface area (Å²) in [5, 5.41) is 2.82. The van der Waals surface area contributed by atoms with Gasteiger partial charge in [0.05, 0.1) is 4.90 Å². The molecule has 0 bridgehead atoms. The molecule has 1 aliphatic carbocycles. The molecule has 1 atom stereocenters. The molecule has 0 spiro atoms. The highest BCUT2D eigenvalue weighted by Gasteiger charge is 2.25. The Morgan fingerprint density at radius 3 is 2.58 bits per heavy atom. The Balaban J connectivity index is 1.57. The number of nitrogens with zero attached hydrogens (tertiary/aromatic N) is 1. The van der Waals surface area contributed by atoms with Crippen LogP contribution in [-0.4, -0.2) is 43.5 Å². The van der Waals surface area contributed by atoms with Crippen molar-refractivity contribution in [3.05, 3.63) is 54.2 Å². The van der Waals surface area contributed by atoms with Gasteiger partial charge >= 0.3 is 0 Å². The average molecular weight is 464 g/mol. The highest BCUT2D eigenvalue weighted by molar-refractivity contribution is 7.98. The third-order valence-corrected chi connectivity index (χ3v) is 7.26. The molecule has 1 saturated carbocycles. The molecule has 0 radical (unpaired) electrons. The average Bonchev–Trinajstić information content (AvgIpc) is 3.29. The molecule has 2 N–H and O–H groups in total. The Hall–Kier alpha value is -2.10. The van der Waals surface area contributed by atoms with Crippen LogP contribution in [0, 0.1) is 0 Å². The maximum Gasteiger partial charge on any atom is 0.241 e. The Bertz CT molecular complexity index is 931. The summed E-state index contributed by atoms with van der Waals surface area (Å²) in [7, 11) is -3.78. The summed E-state index contributed by atoms with van der Waals surface area (Å²) in [4.78, 5) is 17.2. The predicted molar refractivity (Wildman–Crippen MR) is 123 cm³/mol. The number of sulfonamides is 1. The number of hydrogen-bond acceptors (Lipinski definition) is 6. The van der Waals surface area contributed by atoms with E-state index < -0.39 is 16.1 Å². The van der Waals surface area contributed by atoms with Gasteiger partial charge < -0.3 is 10.1 Å². The Kier molecular flexibility index (Phi) is 8.74. The lowest BCUT2D eigenvalue weighted by Crippen LogP contribution is -2.46. The highest BCUT2D eigenvalue weighted by Crippen LogP contribution is 2.22. The van der Waals surface area contributed by atoms with E-state index >= 15 is 0 Å². The summed E-state index contributed by atoms with van der Waals surface area (Å²) in [6.45, 7) is 0.262. The third-order valence-electron chi connectivity index (χ3n) is 5.13. The standard InChI is InChI=1S/C22H29N3O4S2/c1-30-14-13-20(25-31(27,28)19-9-3-2-4-10-19)22(26)24-16-17-11-12-21(23-15-17)29-18-7-5-6-8-18/h2-4,9-12,15,18,20,25H,5-8,13-14,16H2,1H3,(H,24,26). The first-order chi connectivity index (χ1) is 15.0. The molecule has 1 aromatic carbocycles. The van der Waals surface area contributed by atoms with Gasteiger partial charge in [0, 0.05) is 18.8 Å². The van der Waals surface area contributed by atoms with Gasteiger partial charge in [-0.1, -0.05) is 24.3 Å². The number of rotatable bonds is 11. The molecule has 1 unspecified atom stereocenters. The Labute approximate surface area is 188 Å². The van der Waals surface area contributed by atoms with Gasteiger partial charge in [0.2, 0.25) is 21.8 Å². The lowest BCUT2D eigenvalue weighted by atomic mass is 10.2. The van der Waals surface area contributed by atoms with Crippen molar-refractivity contribution in [1.29, 1.82) is 0 Å². The first-order valence-corrected chi connectivity index (χ1v) is 13.3. The highest BCUT2D eigenvalue weighted by atomic mass is 32.2. The van der Waals surface area contributed by atoms with Gasteiger partial charge in [0.1, 0.15) is 12.1 Å². The number of hydrogen-bond donors (Lipinski definition) is 2. The molecular formula is C22H29N3O4S2. The van der Waals surface area contributed by atoms with Gasteiger partial charge in [0.15, 0.2) is 0 Å². The first kappa shape index (κ1) is 23.6. The van der Waals surface area contributed by atoms with Crippen LogP contribution in [0.4, 0.5) is 0 Å². The number of aromatic nitrogens is 1. The molecule has 0 saturated heterocycles. The van der Waals surface area contributed by atoms with E-state index in [0.29, 0.717) is 18.1 Å². The van der Waals surface area contributed by atoms with E-state index in [9.17, 15) is 13.2 Å². The topological polar surface area (TPSA) is 97.4 Å². The molecule has 168 valence electrons. The molecule has 9 heteroatoms. The maximum absolute atomic E-state index is 12.7. The Morgan fingerprint density at radius 1 is 1.19 bits per heavy atom. The molecule has 31 heavy (non-hydrogen) atoms. The number of benzene rings is 1. The van der Waals surface area contributed by atoms with Gasteiger partial charge in [-0.15, -0.1) is 0 Å². The van der Waals surface area contributed by atoms with Crippen LogP contribution >= 0.6 is 11.8 Å². The number of amides is 1. The zero-order valence-electron chi connectivity index (χ0n) is 17.6. The van der Waals surface area contributed by atoms with Crippen LogP contribution in [0.25, 0.3) is 0 Å². The number of ether oxygens (including phenoxy) is 1. The monoisotopic (exact) mass is 463 g/mol. The van der Waals surface area contributed by atoms with E-state index in [1.807, 2.05) is 18.4 Å². The molecular weight excluding hydrogens is 434 g/mol. The van der Waals surface area contributed by atoms with Crippen LogP contribution in [0.1, 0.15) is 37.7 Å². The van der Waals surface area contributed by atoms with Crippen molar-refractivity contribution in [1.82, 2.24) is 15.0 Å². The molecule has 2 aromatic rings. The zero-order chi connectivity index (χ0) is 22.1.